The minimum atomic E-state index is -0.637. The first kappa shape index (κ1) is 30.6. The molecule has 2 N–H and O–H groups in total. The van der Waals surface area contributed by atoms with Crippen LogP contribution in [0.2, 0.25) is 0 Å². The SMILES string of the molecule is CCOC(=O)c1sc(NC(=O)CSc2nnc(CNC(=O)Cc3ccc(OC)cc3)n2C)c(C(=O)OCC)c1C. The molecule has 214 valence electrons. The van der Waals surface area contributed by atoms with Gasteiger partial charge in [0.15, 0.2) is 11.0 Å². The molecule has 14 heteroatoms. The van der Waals surface area contributed by atoms with E-state index in [9.17, 15) is 19.2 Å². The van der Waals surface area contributed by atoms with Gasteiger partial charge in [-0.25, -0.2) is 9.59 Å². The Labute approximate surface area is 239 Å². The third-order valence-electron chi connectivity index (χ3n) is 5.56. The van der Waals surface area contributed by atoms with Gasteiger partial charge < -0.3 is 29.4 Å². The lowest BCUT2D eigenvalue weighted by atomic mass is 10.1. The smallest absolute Gasteiger partial charge is 0.348 e. The van der Waals surface area contributed by atoms with Gasteiger partial charge in [-0.1, -0.05) is 23.9 Å². The summed E-state index contributed by atoms with van der Waals surface area (Å²) in [5.41, 5.74) is 1.36. The Bertz CT molecular complexity index is 1370. The number of hydrogen-bond donors (Lipinski definition) is 2. The first-order chi connectivity index (χ1) is 19.2. The van der Waals surface area contributed by atoms with Crippen molar-refractivity contribution in [2.45, 2.75) is 38.9 Å². The van der Waals surface area contributed by atoms with Gasteiger partial charge >= 0.3 is 11.9 Å². The Morgan fingerprint density at radius 2 is 1.68 bits per heavy atom. The van der Waals surface area contributed by atoms with E-state index < -0.39 is 17.8 Å². The number of carbonyl (C=O) groups excluding carboxylic acids is 4. The third-order valence-corrected chi connectivity index (χ3v) is 7.77. The van der Waals surface area contributed by atoms with Crippen LogP contribution in [-0.4, -0.2) is 64.6 Å². The summed E-state index contributed by atoms with van der Waals surface area (Å²) in [5.74, 6) is -0.604. The van der Waals surface area contributed by atoms with Gasteiger partial charge in [0, 0.05) is 7.05 Å². The van der Waals surface area contributed by atoms with E-state index in [4.69, 9.17) is 14.2 Å². The van der Waals surface area contributed by atoms with Crippen molar-refractivity contribution in [2.24, 2.45) is 7.05 Å². The normalized spacial score (nSPS) is 10.6. The van der Waals surface area contributed by atoms with E-state index in [1.54, 1.807) is 51.6 Å². The number of esters is 2. The number of rotatable bonds is 13. The van der Waals surface area contributed by atoms with Crippen molar-refractivity contribution in [2.75, 3.05) is 31.4 Å². The number of carbonyl (C=O) groups is 4. The van der Waals surface area contributed by atoms with Gasteiger partial charge in [-0.3, -0.25) is 9.59 Å². The molecule has 0 aliphatic rings. The van der Waals surface area contributed by atoms with Crippen LogP contribution < -0.4 is 15.4 Å². The van der Waals surface area contributed by atoms with Crippen LogP contribution in [0, 0.1) is 6.92 Å². The Morgan fingerprint density at radius 3 is 2.33 bits per heavy atom. The highest BCUT2D eigenvalue weighted by atomic mass is 32.2. The second kappa shape index (κ2) is 14.5. The second-order valence-electron chi connectivity index (χ2n) is 8.30. The average Bonchev–Trinajstić information content (AvgIpc) is 3.45. The van der Waals surface area contributed by atoms with E-state index in [0.29, 0.717) is 22.3 Å². The summed E-state index contributed by atoms with van der Waals surface area (Å²) in [7, 11) is 3.31. The molecule has 0 saturated carbocycles. The minimum absolute atomic E-state index is 0.0379. The van der Waals surface area contributed by atoms with Gasteiger partial charge in [0.05, 0.1) is 44.6 Å². The number of hydrogen-bond acceptors (Lipinski definition) is 11. The van der Waals surface area contributed by atoms with Gasteiger partial charge in [-0.2, -0.15) is 0 Å². The molecule has 3 aromatic rings. The van der Waals surface area contributed by atoms with E-state index in [0.717, 1.165) is 28.7 Å². The molecule has 0 unspecified atom stereocenters. The summed E-state index contributed by atoms with van der Waals surface area (Å²) in [6, 6.07) is 7.24. The van der Waals surface area contributed by atoms with Crippen molar-refractivity contribution >= 4 is 51.9 Å². The maximum absolute atomic E-state index is 12.8. The fourth-order valence-electron chi connectivity index (χ4n) is 3.53. The summed E-state index contributed by atoms with van der Waals surface area (Å²) >= 11 is 2.10. The molecule has 0 bridgehead atoms. The van der Waals surface area contributed by atoms with Crippen LogP contribution in [0.15, 0.2) is 29.4 Å². The van der Waals surface area contributed by atoms with Crippen LogP contribution in [0.3, 0.4) is 0 Å². The topological polar surface area (TPSA) is 151 Å². The standard InChI is InChI=1S/C26H31N5O7S2/c1-6-37-24(34)21-15(3)22(25(35)38-7-2)40-23(21)28-20(33)14-39-26-30-29-18(31(26)4)13-27-19(32)12-16-8-10-17(36-5)11-9-16/h8-11H,6-7,12-14H2,1-5H3,(H,27,32)(H,28,33). The molecule has 2 amide bonds. The maximum atomic E-state index is 12.8. The molecule has 40 heavy (non-hydrogen) atoms. The highest BCUT2D eigenvalue weighted by Gasteiger charge is 2.27. The van der Waals surface area contributed by atoms with E-state index in [-0.39, 0.29) is 53.3 Å². The van der Waals surface area contributed by atoms with E-state index >= 15 is 0 Å². The Hall–Kier alpha value is -3.91. The largest absolute Gasteiger partial charge is 0.497 e. The molecule has 0 saturated heterocycles. The van der Waals surface area contributed by atoms with E-state index in [1.165, 1.54) is 0 Å². The van der Waals surface area contributed by atoms with Crippen LogP contribution in [0.25, 0.3) is 0 Å². The highest BCUT2D eigenvalue weighted by Crippen LogP contribution is 2.34. The number of ether oxygens (including phenoxy) is 3. The number of thiophene rings is 1. The van der Waals surface area contributed by atoms with Gasteiger partial charge in [-0.05, 0) is 44.0 Å². The fraction of sp³-hybridized carbons (Fsp3) is 0.385. The fourth-order valence-corrected chi connectivity index (χ4v) is 5.36. The number of thioether (sulfide) groups is 1. The van der Waals surface area contributed by atoms with Crippen molar-refractivity contribution in [1.82, 2.24) is 20.1 Å². The number of nitrogens with one attached hydrogen (secondary N) is 2. The van der Waals surface area contributed by atoms with Crippen LogP contribution in [0.1, 0.15) is 50.8 Å². The predicted molar refractivity (Wildman–Crippen MR) is 150 cm³/mol. The molecule has 1 aromatic carbocycles. The Kier molecular flexibility index (Phi) is 11.1. The Balaban J connectivity index is 1.59. The zero-order valence-electron chi connectivity index (χ0n) is 22.9. The van der Waals surface area contributed by atoms with Gasteiger partial charge in [0.25, 0.3) is 0 Å². The third kappa shape index (κ3) is 7.82. The number of nitrogens with zero attached hydrogens (tertiary/aromatic N) is 3. The van der Waals surface area contributed by atoms with Crippen LogP contribution in [-0.2, 0) is 39.1 Å². The highest BCUT2D eigenvalue weighted by molar-refractivity contribution is 7.99. The lowest BCUT2D eigenvalue weighted by Crippen LogP contribution is -2.26. The van der Waals surface area contributed by atoms with Crippen molar-refractivity contribution in [3.05, 3.63) is 51.7 Å². The number of methoxy groups -OCH3 is 1. The van der Waals surface area contributed by atoms with Crippen LogP contribution in [0.4, 0.5) is 5.00 Å². The first-order valence-electron chi connectivity index (χ1n) is 12.4. The summed E-state index contributed by atoms with van der Waals surface area (Å²) in [5, 5.41) is 14.4. The zero-order chi connectivity index (χ0) is 29.2. The second-order valence-corrected chi connectivity index (χ2v) is 10.3. The molecule has 0 radical (unpaired) electrons. The number of aromatic nitrogens is 3. The number of anilines is 1. The maximum Gasteiger partial charge on any atom is 0.348 e. The van der Waals surface area contributed by atoms with Crippen LogP contribution >= 0.6 is 23.1 Å². The summed E-state index contributed by atoms with van der Waals surface area (Å²) in [6.07, 6.45) is 0.206. The van der Waals surface area contributed by atoms with E-state index in [1.807, 2.05) is 12.1 Å². The molecule has 0 fully saturated rings. The summed E-state index contributed by atoms with van der Waals surface area (Å²) < 4.78 is 17.0. The first-order valence-corrected chi connectivity index (χ1v) is 14.2. The molecule has 0 aliphatic carbocycles. The minimum Gasteiger partial charge on any atom is -0.497 e. The Morgan fingerprint density at radius 1 is 1.00 bits per heavy atom. The van der Waals surface area contributed by atoms with Gasteiger partial charge in [-0.15, -0.1) is 21.5 Å². The molecule has 0 aliphatic heterocycles. The molecule has 12 nitrogen and oxygen atoms in total. The van der Waals surface area contributed by atoms with Gasteiger partial charge in [0.2, 0.25) is 11.8 Å². The molecular weight excluding hydrogens is 558 g/mol. The molecule has 0 atom stereocenters. The van der Waals surface area contributed by atoms with Crippen molar-refractivity contribution in [3.63, 3.8) is 0 Å². The number of benzene rings is 1. The van der Waals surface area contributed by atoms with E-state index in [2.05, 4.69) is 20.8 Å². The molecular formula is C26H31N5O7S2. The van der Waals surface area contributed by atoms with Crippen LogP contribution in [0.5, 0.6) is 5.75 Å². The molecule has 2 aromatic heterocycles. The lowest BCUT2D eigenvalue weighted by Gasteiger charge is -2.08. The predicted octanol–water partition coefficient (Wildman–Crippen LogP) is 3.14. The molecule has 3 rings (SSSR count). The van der Waals surface area contributed by atoms with Crippen molar-refractivity contribution < 1.29 is 33.4 Å². The summed E-state index contributed by atoms with van der Waals surface area (Å²) in [6.45, 7) is 5.44. The average molecular weight is 590 g/mol. The number of amides is 2. The quantitative estimate of drug-likeness (QED) is 0.225. The van der Waals surface area contributed by atoms with Gasteiger partial charge in [0.1, 0.15) is 15.6 Å². The zero-order valence-corrected chi connectivity index (χ0v) is 24.5. The van der Waals surface area contributed by atoms with Crippen molar-refractivity contribution in [3.8, 4) is 5.75 Å². The summed E-state index contributed by atoms with van der Waals surface area (Å²) in [4.78, 5) is 50.2. The lowest BCUT2D eigenvalue weighted by molar-refractivity contribution is -0.120. The monoisotopic (exact) mass is 589 g/mol. The molecule has 0 spiro atoms. The van der Waals surface area contributed by atoms with Crippen molar-refractivity contribution in [1.29, 1.82) is 0 Å². The molecule has 2 heterocycles.